The van der Waals surface area contributed by atoms with Crippen LogP contribution in [0, 0.1) is 0 Å². The van der Waals surface area contributed by atoms with Gasteiger partial charge in [0.05, 0.1) is 15.6 Å². The molecule has 0 spiro atoms. The van der Waals surface area contributed by atoms with Gasteiger partial charge in [0.25, 0.3) is 10.0 Å². The molecule has 1 atom stereocenters. The predicted octanol–water partition coefficient (Wildman–Crippen LogP) is 4.12. The zero-order valence-electron chi connectivity index (χ0n) is 18.7. The molecule has 8 nitrogen and oxygen atoms in total. The van der Waals surface area contributed by atoms with Crippen molar-refractivity contribution >= 4 is 33.1 Å². The maximum atomic E-state index is 13.1. The van der Waals surface area contributed by atoms with Crippen LogP contribution in [0.15, 0.2) is 71.1 Å². The lowest BCUT2D eigenvalue weighted by Crippen LogP contribution is -2.31. The number of nitrogens with one attached hydrogen (secondary N) is 2. The van der Waals surface area contributed by atoms with Crippen LogP contribution in [0.5, 0.6) is 0 Å². The molecule has 2 N–H and O–H groups in total. The maximum absolute atomic E-state index is 13.1. The van der Waals surface area contributed by atoms with Crippen molar-refractivity contribution in [2.75, 3.05) is 11.8 Å². The fourth-order valence-electron chi connectivity index (χ4n) is 3.50. The fraction of sp³-hybridized carbons (Fsp3) is 0.261. The highest BCUT2D eigenvalue weighted by Gasteiger charge is 2.30. The highest BCUT2D eigenvalue weighted by molar-refractivity contribution is 7.92. The van der Waals surface area contributed by atoms with Crippen molar-refractivity contribution in [3.05, 3.63) is 82.9 Å². The molecule has 172 valence electrons. The van der Waals surface area contributed by atoms with Gasteiger partial charge in [-0.2, -0.15) is 5.10 Å². The average molecular weight is 485 g/mol. The summed E-state index contributed by atoms with van der Waals surface area (Å²) in [6, 6.07) is 12.1. The number of pyridine rings is 2. The van der Waals surface area contributed by atoms with E-state index in [-0.39, 0.29) is 22.2 Å². The van der Waals surface area contributed by atoms with Crippen LogP contribution in [0.4, 0.5) is 5.69 Å². The molecule has 0 saturated carbocycles. The quantitative estimate of drug-likeness (QED) is 0.565. The summed E-state index contributed by atoms with van der Waals surface area (Å²) >= 11 is 6.16. The van der Waals surface area contributed by atoms with Crippen LogP contribution in [0.2, 0.25) is 5.02 Å². The van der Waals surface area contributed by atoms with Gasteiger partial charge in [-0.05, 0) is 35.2 Å². The Morgan fingerprint density at radius 1 is 1.12 bits per heavy atom. The Labute approximate surface area is 198 Å². The third kappa shape index (κ3) is 4.79. The van der Waals surface area contributed by atoms with Crippen LogP contribution >= 0.6 is 11.6 Å². The van der Waals surface area contributed by atoms with E-state index in [2.05, 4.69) is 46.0 Å². The number of halogens is 1. The van der Waals surface area contributed by atoms with Gasteiger partial charge in [-0.3, -0.25) is 15.1 Å². The van der Waals surface area contributed by atoms with Crippen molar-refractivity contribution in [3.63, 3.8) is 0 Å². The predicted molar refractivity (Wildman–Crippen MR) is 130 cm³/mol. The van der Waals surface area contributed by atoms with Crippen LogP contribution in [0.3, 0.4) is 0 Å². The summed E-state index contributed by atoms with van der Waals surface area (Å²) in [6.07, 6.45) is 4.63. The fourth-order valence-corrected chi connectivity index (χ4v) is 4.71. The second kappa shape index (κ2) is 8.64. The lowest BCUT2D eigenvalue weighted by Gasteiger charge is -2.23. The van der Waals surface area contributed by atoms with E-state index >= 15 is 0 Å². The van der Waals surface area contributed by atoms with Gasteiger partial charge in [-0.25, -0.2) is 13.4 Å². The third-order valence-electron chi connectivity index (χ3n) is 5.36. The normalized spacial score (nSPS) is 16.3. The number of benzene rings is 1. The largest absolute Gasteiger partial charge is 0.331 e. The minimum atomic E-state index is -3.88. The Hall–Kier alpha value is -3.17. The zero-order chi connectivity index (χ0) is 23.8. The number of hydrogen-bond acceptors (Lipinski definition) is 7. The molecule has 0 amide bonds. The average Bonchev–Trinajstić information content (AvgIpc) is 3.15. The second-order valence-corrected chi connectivity index (χ2v) is 10.9. The van der Waals surface area contributed by atoms with Crippen LogP contribution in [-0.2, 0) is 15.4 Å². The SMILES string of the molecule is CN1C(c2ncc(Cl)cc2NS(=O)(=O)c2ccc(C(C)(C)C)cc2)=NNC1c1cccnc1. The molecule has 33 heavy (non-hydrogen) atoms. The van der Waals surface area contributed by atoms with E-state index in [0.717, 1.165) is 11.1 Å². The van der Waals surface area contributed by atoms with Crippen LogP contribution < -0.4 is 10.1 Å². The molecule has 0 aliphatic carbocycles. The van der Waals surface area contributed by atoms with Crippen LogP contribution in [0.25, 0.3) is 0 Å². The van der Waals surface area contributed by atoms with E-state index in [0.29, 0.717) is 16.6 Å². The standard InChI is InChI=1S/C23H25ClN6O2S/c1-23(2,3)16-7-9-18(10-8-16)33(31,32)29-19-12-17(24)14-26-20(19)22-28-27-21(30(22)4)15-6-5-11-25-13-15/h5-14,21,27,29H,1-4H3. The summed E-state index contributed by atoms with van der Waals surface area (Å²) in [4.78, 5) is 10.5. The van der Waals surface area contributed by atoms with Crippen molar-refractivity contribution in [1.82, 2.24) is 20.3 Å². The molecular weight excluding hydrogens is 460 g/mol. The van der Waals surface area contributed by atoms with Gasteiger partial charge < -0.3 is 4.90 Å². The zero-order valence-corrected chi connectivity index (χ0v) is 20.3. The van der Waals surface area contributed by atoms with Crippen molar-refractivity contribution in [1.29, 1.82) is 0 Å². The highest BCUT2D eigenvalue weighted by Crippen LogP contribution is 2.29. The van der Waals surface area contributed by atoms with E-state index < -0.39 is 10.0 Å². The Balaban J connectivity index is 1.64. The lowest BCUT2D eigenvalue weighted by molar-refractivity contribution is 0.358. The summed E-state index contributed by atoms with van der Waals surface area (Å²) in [7, 11) is -2.04. The molecular formula is C23H25ClN6O2S. The second-order valence-electron chi connectivity index (χ2n) is 8.79. The van der Waals surface area contributed by atoms with E-state index in [1.807, 2.05) is 36.2 Å². The molecule has 2 aromatic heterocycles. The van der Waals surface area contributed by atoms with Gasteiger partial charge in [0.1, 0.15) is 11.9 Å². The van der Waals surface area contributed by atoms with Crippen molar-refractivity contribution in [3.8, 4) is 0 Å². The molecule has 0 bridgehead atoms. The Morgan fingerprint density at radius 2 is 1.85 bits per heavy atom. The topological polar surface area (TPSA) is 99.6 Å². The van der Waals surface area contributed by atoms with Crippen molar-refractivity contribution in [2.45, 2.75) is 37.2 Å². The monoisotopic (exact) mass is 484 g/mol. The molecule has 3 aromatic rings. The first-order valence-electron chi connectivity index (χ1n) is 10.3. The van der Waals surface area contributed by atoms with Gasteiger partial charge >= 0.3 is 0 Å². The molecule has 1 unspecified atom stereocenters. The molecule has 1 aliphatic heterocycles. The van der Waals surface area contributed by atoms with Gasteiger partial charge in [0, 0.05) is 31.2 Å². The van der Waals surface area contributed by atoms with Crippen molar-refractivity contribution < 1.29 is 8.42 Å². The lowest BCUT2D eigenvalue weighted by atomic mass is 9.87. The summed E-state index contributed by atoms with van der Waals surface area (Å²) < 4.78 is 28.9. The first-order valence-corrected chi connectivity index (χ1v) is 12.2. The number of amidine groups is 1. The first-order chi connectivity index (χ1) is 15.6. The van der Waals surface area contributed by atoms with Gasteiger partial charge in [-0.1, -0.05) is 50.6 Å². The molecule has 4 rings (SSSR count). The molecule has 0 radical (unpaired) electrons. The molecule has 1 aromatic carbocycles. The minimum Gasteiger partial charge on any atom is -0.331 e. The number of rotatable bonds is 5. The van der Waals surface area contributed by atoms with Crippen molar-refractivity contribution in [2.24, 2.45) is 5.10 Å². The number of aromatic nitrogens is 2. The maximum Gasteiger partial charge on any atom is 0.261 e. The summed E-state index contributed by atoms with van der Waals surface area (Å²) in [6.45, 7) is 6.22. The summed E-state index contributed by atoms with van der Waals surface area (Å²) in [5.41, 5.74) is 5.52. The Morgan fingerprint density at radius 3 is 2.48 bits per heavy atom. The highest BCUT2D eigenvalue weighted by atomic mass is 35.5. The summed E-state index contributed by atoms with van der Waals surface area (Å²) in [5, 5.41) is 4.70. The third-order valence-corrected chi connectivity index (χ3v) is 6.94. The van der Waals surface area contributed by atoms with Gasteiger partial charge in [0.2, 0.25) is 0 Å². The van der Waals surface area contributed by atoms with Crippen LogP contribution in [0.1, 0.15) is 43.8 Å². The van der Waals surface area contributed by atoms with E-state index in [9.17, 15) is 8.42 Å². The van der Waals surface area contributed by atoms with E-state index in [4.69, 9.17) is 11.6 Å². The Bertz CT molecular complexity index is 1290. The number of hydrazone groups is 1. The summed E-state index contributed by atoms with van der Waals surface area (Å²) in [5.74, 6) is 0.473. The number of nitrogens with zero attached hydrogens (tertiary/aromatic N) is 4. The van der Waals surface area contributed by atoms with Gasteiger partial charge in [0.15, 0.2) is 5.84 Å². The first kappa shape index (κ1) is 23.0. The Kier molecular flexibility index (Phi) is 6.02. The van der Waals surface area contributed by atoms with E-state index in [1.54, 1.807) is 24.5 Å². The molecule has 10 heteroatoms. The van der Waals surface area contributed by atoms with E-state index in [1.165, 1.54) is 12.3 Å². The minimum absolute atomic E-state index is 0.0806. The van der Waals surface area contributed by atoms with Crippen LogP contribution in [-0.4, -0.2) is 36.2 Å². The number of anilines is 1. The molecule has 3 heterocycles. The molecule has 0 fully saturated rings. The van der Waals surface area contributed by atoms with Gasteiger partial charge in [-0.15, -0.1) is 0 Å². The molecule has 0 saturated heterocycles. The number of hydrogen-bond donors (Lipinski definition) is 2. The number of sulfonamides is 1. The molecule has 1 aliphatic rings. The smallest absolute Gasteiger partial charge is 0.261 e.